The zero-order valence-corrected chi connectivity index (χ0v) is 8.71. The molecule has 14 heavy (non-hydrogen) atoms. The lowest BCUT2D eigenvalue weighted by Crippen LogP contribution is -2.13. The first kappa shape index (κ1) is 9.41. The van der Waals surface area contributed by atoms with Gasteiger partial charge in [0.1, 0.15) is 11.9 Å². The van der Waals surface area contributed by atoms with Crippen LogP contribution in [0.5, 0.6) is 5.75 Å². The van der Waals surface area contributed by atoms with Gasteiger partial charge in [0.05, 0.1) is 5.88 Å². The van der Waals surface area contributed by atoms with Gasteiger partial charge in [-0.15, -0.1) is 11.6 Å². The summed E-state index contributed by atoms with van der Waals surface area (Å²) in [5.41, 5.74) is 1.09. The van der Waals surface area contributed by atoms with Crippen molar-refractivity contribution in [2.75, 3.05) is 5.88 Å². The Balaban J connectivity index is 2.36. The molecule has 1 N–H and O–H groups in total. The largest absolute Gasteiger partial charge is 0.489 e. The van der Waals surface area contributed by atoms with Crippen LogP contribution in [-0.2, 0) is 0 Å². The summed E-state index contributed by atoms with van der Waals surface area (Å²) in [5.74, 6) is 1.39. The van der Waals surface area contributed by atoms with Crippen molar-refractivity contribution in [3.63, 3.8) is 0 Å². The van der Waals surface area contributed by atoms with Gasteiger partial charge in [0, 0.05) is 17.1 Å². The topological polar surface area (TPSA) is 25.0 Å². The van der Waals surface area contributed by atoms with E-state index in [1.54, 1.807) is 0 Å². The van der Waals surface area contributed by atoms with E-state index in [4.69, 9.17) is 16.3 Å². The number of aromatic amines is 1. The van der Waals surface area contributed by atoms with Crippen LogP contribution < -0.4 is 4.74 Å². The van der Waals surface area contributed by atoms with Crippen molar-refractivity contribution in [3.8, 4) is 5.75 Å². The van der Waals surface area contributed by atoms with E-state index >= 15 is 0 Å². The fraction of sp³-hybridized carbons (Fsp3) is 0.273. The van der Waals surface area contributed by atoms with Crippen LogP contribution in [0.4, 0.5) is 0 Å². The van der Waals surface area contributed by atoms with Crippen molar-refractivity contribution < 1.29 is 4.74 Å². The molecule has 0 aliphatic heterocycles. The molecule has 0 spiro atoms. The lowest BCUT2D eigenvalue weighted by atomic mass is 10.2. The number of ether oxygens (including phenoxy) is 1. The molecular formula is C11H12ClNO. The van der Waals surface area contributed by atoms with Crippen molar-refractivity contribution in [1.29, 1.82) is 0 Å². The molecule has 74 valence electrons. The first-order chi connectivity index (χ1) is 6.81. The average molecular weight is 210 g/mol. The highest BCUT2D eigenvalue weighted by molar-refractivity contribution is 6.18. The Kier molecular flexibility index (Phi) is 2.64. The van der Waals surface area contributed by atoms with Crippen LogP contribution in [0.3, 0.4) is 0 Å². The van der Waals surface area contributed by atoms with Gasteiger partial charge in [-0.25, -0.2) is 0 Å². The minimum atomic E-state index is 0.0390. The monoisotopic (exact) mass is 209 g/mol. The summed E-state index contributed by atoms with van der Waals surface area (Å²) >= 11 is 5.69. The number of benzene rings is 1. The normalized spacial score (nSPS) is 13.0. The lowest BCUT2D eigenvalue weighted by molar-refractivity contribution is 0.248. The van der Waals surface area contributed by atoms with E-state index in [1.165, 1.54) is 0 Å². The van der Waals surface area contributed by atoms with Gasteiger partial charge in [-0.3, -0.25) is 0 Å². The molecule has 0 saturated carbocycles. The minimum absolute atomic E-state index is 0.0390. The number of fused-ring (bicyclic) bond motifs is 1. The molecule has 2 rings (SSSR count). The van der Waals surface area contributed by atoms with Gasteiger partial charge in [-0.1, -0.05) is 6.07 Å². The fourth-order valence-electron chi connectivity index (χ4n) is 1.41. The highest BCUT2D eigenvalue weighted by Crippen LogP contribution is 2.25. The van der Waals surface area contributed by atoms with Gasteiger partial charge in [-0.2, -0.15) is 0 Å². The summed E-state index contributed by atoms with van der Waals surface area (Å²) in [4.78, 5) is 3.14. The van der Waals surface area contributed by atoms with E-state index in [1.807, 2.05) is 37.4 Å². The van der Waals surface area contributed by atoms with Crippen LogP contribution >= 0.6 is 11.6 Å². The molecule has 0 saturated heterocycles. The van der Waals surface area contributed by atoms with Crippen LogP contribution in [0.15, 0.2) is 30.5 Å². The Morgan fingerprint density at radius 3 is 3.07 bits per heavy atom. The molecule has 2 aromatic rings. The Morgan fingerprint density at radius 1 is 1.43 bits per heavy atom. The van der Waals surface area contributed by atoms with E-state index in [-0.39, 0.29) is 6.10 Å². The van der Waals surface area contributed by atoms with Crippen molar-refractivity contribution in [3.05, 3.63) is 30.5 Å². The standard InChI is InChI=1S/C11H12ClNO/c1-8(7-12)14-11-4-2-3-10-9(11)5-6-13-10/h2-6,8,13H,7H2,1H3. The number of hydrogen-bond acceptors (Lipinski definition) is 1. The third-order valence-corrected chi connectivity index (χ3v) is 2.54. The van der Waals surface area contributed by atoms with E-state index in [0.717, 1.165) is 16.7 Å². The zero-order chi connectivity index (χ0) is 9.97. The summed E-state index contributed by atoms with van der Waals surface area (Å²) in [6, 6.07) is 7.95. The van der Waals surface area contributed by atoms with Crippen molar-refractivity contribution >= 4 is 22.5 Å². The smallest absolute Gasteiger partial charge is 0.129 e. The van der Waals surface area contributed by atoms with Crippen LogP contribution in [0, 0.1) is 0 Å². The molecule has 0 aliphatic rings. The lowest BCUT2D eigenvalue weighted by Gasteiger charge is -2.12. The van der Waals surface area contributed by atoms with Crippen LogP contribution in [0.1, 0.15) is 6.92 Å². The zero-order valence-electron chi connectivity index (χ0n) is 7.96. The number of alkyl halides is 1. The summed E-state index contributed by atoms with van der Waals surface area (Å²) in [6.07, 6.45) is 1.94. The number of nitrogens with one attached hydrogen (secondary N) is 1. The van der Waals surface area contributed by atoms with Crippen LogP contribution in [0.2, 0.25) is 0 Å². The van der Waals surface area contributed by atoms with Crippen molar-refractivity contribution in [2.45, 2.75) is 13.0 Å². The molecule has 0 amide bonds. The van der Waals surface area contributed by atoms with Gasteiger partial charge in [0.15, 0.2) is 0 Å². The van der Waals surface area contributed by atoms with Gasteiger partial charge >= 0.3 is 0 Å². The Hall–Kier alpha value is -1.15. The number of hydrogen-bond donors (Lipinski definition) is 1. The molecule has 0 aliphatic carbocycles. The SMILES string of the molecule is CC(CCl)Oc1cccc2[nH]ccc12. The Bertz CT molecular complexity index is 424. The second-order valence-electron chi connectivity index (χ2n) is 3.28. The Morgan fingerprint density at radius 2 is 2.29 bits per heavy atom. The molecule has 0 radical (unpaired) electrons. The molecule has 0 bridgehead atoms. The predicted molar refractivity (Wildman–Crippen MR) is 59.1 cm³/mol. The van der Waals surface area contributed by atoms with Crippen molar-refractivity contribution in [1.82, 2.24) is 4.98 Å². The summed E-state index contributed by atoms with van der Waals surface area (Å²) < 4.78 is 5.68. The highest BCUT2D eigenvalue weighted by Gasteiger charge is 2.06. The molecule has 1 atom stereocenters. The molecular weight excluding hydrogens is 198 g/mol. The maximum absolute atomic E-state index is 5.69. The van der Waals surface area contributed by atoms with E-state index < -0.39 is 0 Å². The second-order valence-corrected chi connectivity index (χ2v) is 3.59. The van der Waals surface area contributed by atoms with Crippen molar-refractivity contribution in [2.24, 2.45) is 0 Å². The fourth-order valence-corrected chi connectivity index (χ4v) is 1.47. The first-order valence-electron chi connectivity index (χ1n) is 4.60. The van der Waals surface area contributed by atoms with Gasteiger partial charge in [0.25, 0.3) is 0 Å². The first-order valence-corrected chi connectivity index (χ1v) is 5.13. The second kappa shape index (κ2) is 3.93. The van der Waals surface area contributed by atoms with Gasteiger partial charge in [0.2, 0.25) is 0 Å². The van der Waals surface area contributed by atoms with E-state index in [0.29, 0.717) is 5.88 Å². The summed E-state index contributed by atoms with van der Waals surface area (Å²) in [5, 5.41) is 1.10. The third kappa shape index (κ3) is 1.70. The maximum Gasteiger partial charge on any atom is 0.129 e. The minimum Gasteiger partial charge on any atom is -0.489 e. The molecule has 1 heterocycles. The summed E-state index contributed by atoms with van der Waals surface area (Å²) in [7, 11) is 0. The number of aromatic nitrogens is 1. The molecule has 1 aromatic heterocycles. The number of H-pyrrole nitrogens is 1. The molecule has 1 aromatic carbocycles. The van der Waals surface area contributed by atoms with Gasteiger partial charge < -0.3 is 9.72 Å². The molecule has 2 nitrogen and oxygen atoms in total. The van der Waals surface area contributed by atoms with Gasteiger partial charge in [-0.05, 0) is 25.1 Å². The predicted octanol–water partition coefficient (Wildman–Crippen LogP) is 3.17. The van der Waals surface area contributed by atoms with Crippen LogP contribution in [-0.4, -0.2) is 17.0 Å². The maximum atomic E-state index is 5.69. The van der Waals surface area contributed by atoms with Crippen LogP contribution in [0.25, 0.3) is 10.9 Å². The van der Waals surface area contributed by atoms with E-state index in [9.17, 15) is 0 Å². The highest BCUT2D eigenvalue weighted by atomic mass is 35.5. The summed E-state index contributed by atoms with van der Waals surface area (Å²) in [6.45, 7) is 1.96. The average Bonchev–Trinajstić information content (AvgIpc) is 2.66. The molecule has 0 fully saturated rings. The third-order valence-electron chi connectivity index (χ3n) is 2.10. The van der Waals surface area contributed by atoms with E-state index in [2.05, 4.69) is 4.98 Å². The number of rotatable bonds is 3. The number of halogens is 1. The Labute approximate surface area is 87.8 Å². The molecule has 3 heteroatoms. The molecule has 1 unspecified atom stereocenters. The quantitative estimate of drug-likeness (QED) is 0.772.